The van der Waals surface area contributed by atoms with Crippen molar-refractivity contribution in [2.75, 3.05) is 0 Å². The molecule has 0 aliphatic carbocycles. The summed E-state index contributed by atoms with van der Waals surface area (Å²) in [5.74, 6) is -1.39. The van der Waals surface area contributed by atoms with Crippen LogP contribution in [0.2, 0.25) is 0 Å². The fraction of sp³-hybridized carbons (Fsp3) is 0.154. The van der Waals surface area contributed by atoms with Crippen LogP contribution in [0.3, 0.4) is 0 Å². The van der Waals surface area contributed by atoms with Gasteiger partial charge in [0, 0.05) is 11.6 Å². The molecular formula is C13H11NO4S. The molecule has 19 heavy (non-hydrogen) atoms. The Bertz CT molecular complexity index is 671. The topological polar surface area (TPSA) is 76.4 Å². The lowest BCUT2D eigenvalue weighted by atomic mass is 10.1. The van der Waals surface area contributed by atoms with E-state index in [1.807, 2.05) is 0 Å². The van der Waals surface area contributed by atoms with Gasteiger partial charge in [0.05, 0.1) is 4.88 Å². The van der Waals surface area contributed by atoms with E-state index in [4.69, 9.17) is 5.11 Å². The van der Waals surface area contributed by atoms with Gasteiger partial charge < -0.3 is 5.11 Å². The molecule has 0 fully saturated rings. The van der Waals surface area contributed by atoms with Gasteiger partial charge in [0.2, 0.25) is 5.78 Å². The smallest absolute Gasteiger partial charge is 0.327 e. The Balaban J connectivity index is 2.38. The molecule has 1 aromatic heterocycles. The van der Waals surface area contributed by atoms with Crippen LogP contribution in [0, 0.1) is 0 Å². The molecule has 1 heterocycles. The first-order chi connectivity index (χ1) is 9.00. The van der Waals surface area contributed by atoms with Crippen molar-refractivity contribution in [1.82, 2.24) is 3.96 Å². The van der Waals surface area contributed by atoms with Gasteiger partial charge in [0.15, 0.2) is 0 Å². The Hall–Kier alpha value is -2.21. The van der Waals surface area contributed by atoms with Crippen molar-refractivity contribution in [3.8, 4) is 0 Å². The highest BCUT2D eigenvalue weighted by atomic mass is 32.1. The highest BCUT2D eigenvalue weighted by Crippen LogP contribution is 2.16. The number of carbonyl (C=O) groups is 2. The SMILES string of the molecule is CC(C(=O)O)n1sc(C(=O)c2ccccc2)cc1=O. The summed E-state index contributed by atoms with van der Waals surface area (Å²) in [7, 11) is 0. The van der Waals surface area contributed by atoms with Crippen LogP contribution in [0.1, 0.15) is 28.2 Å². The Kier molecular flexibility index (Phi) is 3.62. The third-order valence-electron chi connectivity index (χ3n) is 2.64. The summed E-state index contributed by atoms with van der Waals surface area (Å²) in [5.41, 5.74) is -0.00180. The van der Waals surface area contributed by atoms with E-state index in [0.717, 1.165) is 15.5 Å². The summed E-state index contributed by atoms with van der Waals surface area (Å²) in [5, 5.41) is 8.89. The minimum absolute atomic E-state index is 0.240. The first-order valence-corrected chi connectivity index (χ1v) is 6.33. The molecule has 0 aliphatic heterocycles. The van der Waals surface area contributed by atoms with Crippen molar-refractivity contribution < 1.29 is 14.7 Å². The maximum absolute atomic E-state index is 12.1. The molecule has 6 heteroatoms. The number of nitrogens with zero attached hydrogens (tertiary/aromatic N) is 1. The zero-order valence-corrected chi connectivity index (χ0v) is 10.9. The van der Waals surface area contributed by atoms with Crippen LogP contribution in [-0.4, -0.2) is 20.8 Å². The van der Waals surface area contributed by atoms with Crippen molar-refractivity contribution in [3.05, 3.63) is 57.2 Å². The lowest BCUT2D eigenvalue weighted by Gasteiger charge is -2.04. The molecule has 0 spiro atoms. The van der Waals surface area contributed by atoms with E-state index in [1.54, 1.807) is 30.3 Å². The number of rotatable bonds is 4. The fourth-order valence-electron chi connectivity index (χ4n) is 1.56. The summed E-state index contributed by atoms with van der Waals surface area (Å²) in [6.45, 7) is 1.40. The van der Waals surface area contributed by atoms with Crippen LogP contribution in [0.15, 0.2) is 41.2 Å². The van der Waals surface area contributed by atoms with Crippen molar-refractivity contribution in [1.29, 1.82) is 0 Å². The second-order valence-corrected chi connectivity index (χ2v) is 4.99. The van der Waals surface area contributed by atoms with Crippen molar-refractivity contribution in [2.24, 2.45) is 0 Å². The number of hydrogen-bond acceptors (Lipinski definition) is 4. The molecule has 0 amide bonds. The molecule has 1 aromatic carbocycles. The van der Waals surface area contributed by atoms with Crippen molar-refractivity contribution >= 4 is 23.3 Å². The number of hydrogen-bond donors (Lipinski definition) is 1. The van der Waals surface area contributed by atoms with Crippen LogP contribution in [0.4, 0.5) is 0 Å². The second kappa shape index (κ2) is 5.19. The second-order valence-electron chi connectivity index (χ2n) is 3.97. The van der Waals surface area contributed by atoms with Gasteiger partial charge in [0.25, 0.3) is 5.56 Å². The van der Waals surface area contributed by atoms with Gasteiger partial charge in [0.1, 0.15) is 6.04 Å². The van der Waals surface area contributed by atoms with Gasteiger partial charge in [-0.25, -0.2) is 8.75 Å². The molecule has 0 radical (unpaired) electrons. The number of benzene rings is 1. The van der Waals surface area contributed by atoms with Gasteiger partial charge in [-0.3, -0.25) is 9.59 Å². The third-order valence-corrected chi connectivity index (χ3v) is 3.83. The predicted octanol–water partition coefficient (Wildman–Crippen LogP) is 1.79. The molecule has 0 saturated heterocycles. The zero-order valence-electron chi connectivity index (χ0n) is 10.1. The largest absolute Gasteiger partial charge is 0.480 e. The van der Waals surface area contributed by atoms with Crippen LogP contribution in [-0.2, 0) is 4.79 Å². The monoisotopic (exact) mass is 277 g/mol. The number of carboxylic acid groups (broad SMARTS) is 1. The number of carboxylic acids is 1. The quantitative estimate of drug-likeness (QED) is 0.864. The number of aromatic nitrogens is 1. The fourth-order valence-corrected chi connectivity index (χ4v) is 2.52. The van der Waals surface area contributed by atoms with Gasteiger partial charge in [-0.15, -0.1) is 0 Å². The molecular weight excluding hydrogens is 266 g/mol. The van der Waals surface area contributed by atoms with Gasteiger partial charge in [-0.2, -0.15) is 0 Å². The van der Waals surface area contributed by atoms with Crippen molar-refractivity contribution in [2.45, 2.75) is 13.0 Å². The molecule has 0 aliphatic rings. The van der Waals surface area contributed by atoms with Gasteiger partial charge in [-0.1, -0.05) is 41.9 Å². The van der Waals surface area contributed by atoms with Crippen LogP contribution < -0.4 is 5.56 Å². The Morgan fingerprint density at radius 2 is 1.89 bits per heavy atom. The highest BCUT2D eigenvalue weighted by molar-refractivity contribution is 7.09. The summed E-state index contributed by atoms with van der Waals surface area (Å²) in [6, 6.07) is 8.75. The Labute approximate surface area is 112 Å². The molecule has 2 rings (SSSR count). The average Bonchev–Trinajstić information content (AvgIpc) is 2.80. The molecule has 1 unspecified atom stereocenters. The molecule has 0 saturated carbocycles. The number of ketones is 1. The summed E-state index contributed by atoms with van der Waals surface area (Å²) >= 11 is 0.873. The Morgan fingerprint density at radius 3 is 2.47 bits per heavy atom. The maximum Gasteiger partial charge on any atom is 0.327 e. The minimum Gasteiger partial charge on any atom is -0.480 e. The normalized spacial score (nSPS) is 12.1. The minimum atomic E-state index is -1.11. The van der Waals surface area contributed by atoms with Gasteiger partial charge in [-0.05, 0) is 6.92 Å². The molecule has 5 nitrogen and oxygen atoms in total. The average molecular weight is 277 g/mol. The zero-order chi connectivity index (χ0) is 14.0. The van der Waals surface area contributed by atoms with E-state index >= 15 is 0 Å². The lowest BCUT2D eigenvalue weighted by molar-refractivity contribution is -0.140. The number of carbonyl (C=O) groups excluding carboxylic acids is 1. The number of aliphatic carboxylic acids is 1. The Morgan fingerprint density at radius 1 is 1.26 bits per heavy atom. The standard InChI is InChI=1S/C13H11NO4S/c1-8(13(17)18)14-11(15)7-10(19-14)12(16)9-5-3-2-4-6-9/h2-8H,1H3,(H,17,18). The summed E-state index contributed by atoms with van der Waals surface area (Å²) < 4.78 is 1.08. The first kappa shape index (κ1) is 13.2. The van der Waals surface area contributed by atoms with Gasteiger partial charge >= 0.3 is 5.97 Å². The van der Waals surface area contributed by atoms with E-state index in [0.29, 0.717) is 5.56 Å². The molecule has 1 atom stereocenters. The van der Waals surface area contributed by atoms with E-state index in [9.17, 15) is 14.4 Å². The molecule has 0 bridgehead atoms. The highest BCUT2D eigenvalue weighted by Gasteiger charge is 2.20. The van der Waals surface area contributed by atoms with Crippen molar-refractivity contribution in [3.63, 3.8) is 0 Å². The van der Waals surface area contributed by atoms with Crippen LogP contribution in [0.25, 0.3) is 0 Å². The van der Waals surface area contributed by atoms with E-state index in [1.165, 1.54) is 13.0 Å². The summed E-state index contributed by atoms with van der Waals surface area (Å²) in [6.07, 6.45) is 0. The molecule has 1 N–H and O–H groups in total. The first-order valence-electron chi connectivity index (χ1n) is 5.56. The lowest BCUT2D eigenvalue weighted by Crippen LogP contribution is -2.22. The summed E-state index contributed by atoms with van der Waals surface area (Å²) in [4.78, 5) is 34.9. The van der Waals surface area contributed by atoms with E-state index < -0.39 is 17.6 Å². The predicted molar refractivity (Wildman–Crippen MR) is 70.8 cm³/mol. The van der Waals surface area contributed by atoms with E-state index in [2.05, 4.69) is 0 Å². The molecule has 98 valence electrons. The molecule has 2 aromatic rings. The van der Waals surface area contributed by atoms with Crippen LogP contribution >= 0.6 is 11.5 Å². The third kappa shape index (κ3) is 2.63. The van der Waals surface area contributed by atoms with Crippen LogP contribution in [0.5, 0.6) is 0 Å². The van der Waals surface area contributed by atoms with E-state index in [-0.39, 0.29) is 10.7 Å². The maximum atomic E-state index is 12.1.